The standard InChI is InChI=1S/C16H20N4S/c1-3-15-19-13(11-21-15)10-20-9-12(8-17-4-2)14-6-5-7-18-16(14)20/h5-7,9,11,17H,3-4,8,10H2,1-2H3. The predicted molar refractivity (Wildman–Crippen MR) is 87.7 cm³/mol. The lowest BCUT2D eigenvalue weighted by Crippen LogP contribution is -2.11. The first-order valence-corrected chi connectivity index (χ1v) is 8.26. The Morgan fingerprint density at radius 2 is 2.24 bits per heavy atom. The van der Waals surface area contributed by atoms with Crippen LogP contribution in [-0.2, 0) is 19.5 Å². The van der Waals surface area contributed by atoms with Crippen LogP contribution in [0.5, 0.6) is 0 Å². The summed E-state index contributed by atoms with van der Waals surface area (Å²) in [6, 6.07) is 4.14. The predicted octanol–water partition coefficient (Wildman–Crippen LogP) is 3.21. The van der Waals surface area contributed by atoms with Crippen molar-refractivity contribution in [1.82, 2.24) is 19.9 Å². The average molecular weight is 300 g/mol. The number of aryl methyl sites for hydroxylation is 1. The van der Waals surface area contributed by atoms with Crippen molar-refractivity contribution in [1.29, 1.82) is 0 Å². The van der Waals surface area contributed by atoms with Gasteiger partial charge in [0.1, 0.15) is 5.65 Å². The molecular formula is C16H20N4S. The molecule has 0 saturated carbocycles. The van der Waals surface area contributed by atoms with Crippen molar-refractivity contribution in [2.45, 2.75) is 33.4 Å². The second kappa shape index (κ2) is 6.37. The number of thiazole rings is 1. The Hall–Kier alpha value is -1.72. The van der Waals surface area contributed by atoms with E-state index in [0.29, 0.717) is 0 Å². The molecular weight excluding hydrogens is 280 g/mol. The summed E-state index contributed by atoms with van der Waals surface area (Å²) in [6.07, 6.45) is 5.06. The Labute approximate surface area is 128 Å². The molecule has 0 amide bonds. The zero-order chi connectivity index (χ0) is 14.7. The Bertz CT molecular complexity index is 729. The summed E-state index contributed by atoms with van der Waals surface area (Å²) in [5.74, 6) is 0. The SMILES string of the molecule is CCNCc1cn(Cc2csc(CC)n2)c2ncccc12. The van der Waals surface area contributed by atoms with Gasteiger partial charge in [0.15, 0.2) is 0 Å². The van der Waals surface area contributed by atoms with Crippen molar-refractivity contribution in [2.24, 2.45) is 0 Å². The van der Waals surface area contributed by atoms with Crippen LogP contribution < -0.4 is 5.32 Å². The number of aromatic nitrogens is 3. The van der Waals surface area contributed by atoms with Gasteiger partial charge in [0.05, 0.1) is 17.2 Å². The second-order valence-electron chi connectivity index (χ2n) is 5.02. The van der Waals surface area contributed by atoms with Crippen LogP contribution in [0.3, 0.4) is 0 Å². The number of nitrogens with zero attached hydrogens (tertiary/aromatic N) is 3. The minimum Gasteiger partial charge on any atom is -0.326 e. The highest BCUT2D eigenvalue weighted by Crippen LogP contribution is 2.21. The first kappa shape index (κ1) is 14.2. The fourth-order valence-corrected chi connectivity index (χ4v) is 3.21. The third-order valence-corrected chi connectivity index (χ3v) is 4.56. The molecule has 0 bridgehead atoms. The molecule has 0 aliphatic carbocycles. The lowest BCUT2D eigenvalue weighted by molar-refractivity contribution is 0.722. The van der Waals surface area contributed by atoms with Crippen LogP contribution in [0.25, 0.3) is 11.0 Å². The van der Waals surface area contributed by atoms with E-state index in [4.69, 9.17) is 0 Å². The molecule has 0 unspecified atom stereocenters. The number of fused-ring (bicyclic) bond motifs is 1. The monoisotopic (exact) mass is 300 g/mol. The van der Waals surface area contributed by atoms with Crippen LogP contribution in [0.1, 0.15) is 30.1 Å². The number of nitrogens with one attached hydrogen (secondary N) is 1. The third-order valence-electron chi connectivity index (χ3n) is 3.52. The van der Waals surface area contributed by atoms with Crippen LogP contribution in [0, 0.1) is 0 Å². The van der Waals surface area contributed by atoms with Crippen molar-refractivity contribution in [3.63, 3.8) is 0 Å². The van der Waals surface area contributed by atoms with E-state index in [1.807, 2.05) is 12.3 Å². The number of rotatable bonds is 6. The average Bonchev–Trinajstić information content (AvgIpc) is 3.11. The molecule has 3 heterocycles. The molecule has 3 aromatic rings. The summed E-state index contributed by atoms with van der Waals surface area (Å²) < 4.78 is 2.20. The van der Waals surface area contributed by atoms with Gasteiger partial charge < -0.3 is 9.88 Å². The van der Waals surface area contributed by atoms with Gasteiger partial charge in [0, 0.05) is 29.7 Å². The molecule has 21 heavy (non-hydrogen) atoms. The van der Waals surface area contributed by atoms with E-state index in [1.165, 1.54) is 16.0 Å². The lowest BCUT2D eigenvalue weighted by atomic mass is 10.2. The van der Waals surface area contributed by atoms with Gasteiger partial charge in [-0.05, 0) is 30.7 Å². The van der Waals surface area contributed by atoms with Crippen LogP contribution >= 0.6 is 11.3 Å². The Morgan fingerprint density at radius 1 is 1.33 bits per heavy atom. The number of hydrogen-bond acceptors (Lipinski definition) is 4. The van der Waals surface area contributed by atoms with Crippen molar-refractivity contribution in [3.05, 3.63) is 46.2 Å². The highest BCUT2D eigenvalue weighted by molar-refractivity contribution is 7.09. The maximum atomic E-state index is 4.66. The fraction of sp³-hybridized carbons (Fsp3) is 0.375. The summed E-state index contributed by atoms with van der Waals surface area (Å²) in [7, 11) is 0. The molecule has 0 fully saturated rings. The number of hydrogen-bond donors (Lipinski definition) is 1. The molecule has 0 radical (unpaired) electrons. The molecule has 5 heteroatoms. The van der Waals surface area contributed by atoms with E-state index in [0.717, 1.165) is 37.4 Å². The molecule has 0 aliphatic heterocycles. The summed E-state index contributed by atoms with van der Waals surface area (Å²) in [5, 5.41) is 7.97. The topological polar surface area (TPSA) is 42.7 Å². The Balaban J connectivity index is 1.93. The van der Waals surface area contributed by atoms with E-state index in [2.05, 4.69) is 51.3 Å². The number of pyridine rings is 1. The van der Waals surface area contributed by atoms with E-state index in [-0.39, 0.29) is 0 Å². The summed E-state index contributed by atoms with van der Waals surface area (Å²) in [6.45, 7) is 6.90. The molecule has 4 nitrogen and oxygen atoms in total. The highest BCUT2D eigenvalue weighted by Gasteiger charge is 2.10. The van der Waals surface area contributed by atoms with Gasteiger partial charge in [-0.2, -0.15) is 0 Å². The molecule has 1 N–H and O–H groups in total. The van der Waals surface area contributed by atoms with Gasteiger partial charge in [-0.3, -0.25) is 0 Å². The summed E-state index contributed by atoms with van der Waals surface area (Å²) in [4.78, 5) is 9.20. The van der Waals surface area contributed by atoms with E-state index in [1.54, 1.807) is 11.3 Å². The van der Waals surface area contributed by atoms with Gasteiger partial charge in [0.2, 0.25) is 0 Å². The van der Waals surface area contributed by atoms with Crippen LogP contribution in [-0.4, -0.2) is 21.1 Å². The highest BCUT2D eigenvalue weighted by atomic mass is 32.1. The molecule has 3 rings (SSSR count). The zero-order valence-electron chi connectivity index (χ0n) is 12.5. The molecule has 0 spiro atoms. The molecule has 110 valence electrons. The largest absolute Gasteiger partial charge is 0.326 e. The van der Waals surface area contributed by atoms with E-state index < -0.39 is 0 Å². The molecule has 0 atom stereocenters. The zero-order valence-corrected chi connectivity index (χ0v) is 13.3. The second-order valence-corrected chi connectivity index (χ2v) is 5.97. The van der Waals surface area contributed by atoms with E-state index >= 15 is 0 Å². The third kappa shape index (κ3) is 2.99. The van der Waals surface area contributed by atoms with Crippen molar-refractivity contribution in [2.75, 3.05) is 6.54 Å². The lowest BCUT2D eigenvalue weighted by Gasteiger charge is -2.01. The van der Waals surface area contributed by atoms with Crippen molar-refractivity contribution >= 4 is 22.4 Å². The maximum Gasteiger partial charge on any atom is 0.140 e. The fourth-order valence-electron chi connectivity index (χ4n) is 2.47. The van der Waals surface area contributed by atoms with Crippen molar-refractivity contribution < 1.29 is 0 Å². The minimum atomic E-state index is 0.788. The Morgan fingerprint density at radius 3 is 3.00 bits per heavy atom. The maximum absolute atomic E-state index is 4.66. The van der Waals surface area contributed by atoms with Gasteiger partial charge in [-0.15, -0.1) is 11.3 Å². The quantitative estimate of drug-likeness (QED) is 0.760. The molecule has 3 aromatic heterocycles. The van der Waals surface area contributed by atoms with Gasteiger partial charge in [-0.25, -0.2) is 9.97 Å². The van der Waals surface area contributed by atoms with Gasteiger partial charge in [-0.1, -0.05) is 13.8 Å². The summed E-state index contributed by atoms with van der Waals surface area (Å²) in [5.41, 5.74) is 3.46. The first-order chi connectivity index (χ1) is 10.3. The Kier molecular flexibility index (Phi) is 4.31. The molecule has 0 saturated heterocycles. The minimum absolute atomic E-state index is 0.788. The van der Waals surface area contributed by atoms with Gasteiger partial charge in [0.25, 0.3) is 0 Å². The first-order valence-electron chi connectivity index (χ1n) is 7.38. The van der Waals surface area contributed by atoms with Gasteiger partial charge >= 0.3 is 0 Å². The smallest absolute Gasteiger partial charge is 0.140 e. The van der Waals surface area contributed by atoms with Crippen LogP contribution in [0.2, 0.25) is 0 Å². The normalized spacial score (nSPS) is 11.3. The van der Waals surface area contributed by atoms with Crippen molar-refractivity contribution in [3.8, 4) is 0 Å². The van der Waals surface area contributed by atoms with E-state index in [9.17, 15) is 0 Å². The van der Waals surface area contributed by atoms with Crippen LogP contribution in [0.4, 0.5) is 0 Å². The van der Waals surface area contributed by atoms with Crippen LogP contribution in [0.15, 0.2) is 29.9 Å². The summed E-state index contributed by atoms with van der Waals surface area (Å²) >= 11 is 1.74. The molecule has 0 aromatic carbocycles. The molecule has 0 aliphatic rings.